The third-order valence-electron chi connectivity index (χ3n) is 7.14. The molecule has 1 saturated heterocycles. The molecule has 0 aromatic carbocycles. The molecule has 3 atom stereocenters. The smallest absolute Gasteiger partial charge is 0.351 e. The molecule has 1 saturated carbocycles. The lowest BCUT2D eigenvalue weighted by Crippen LogP contribution is -2.49. The summed E-state index contributed by atoms with van der Waals surface area (Å²) in [5, 5.41) is 0. The van der Waals surface area contributed by atoms with Gasteiger partial charge < -0.3 is 9.47 Å². The Labute approximate surface area is 148 Å². The van der Waals surface area contributed by atoms with E-state index in [0.29, 0.717) is 19.4 Å². The van der Waals surface area contributed by atoms with Crippen molar-refractivity contribution in [3.05, 3.63) is 29.6 Å². The van der Waals surface area contributed by atoms with E-state index in [9.17, 15) is 9.59 Å². The minimum absolute atomic E-state index is 0.123. The topological polar surface area (TPSA) is 65.5 Å². The van der Waals surface area contributed by atoms with Gasteiger partial charge in [-0.3, -0.25) is 9.78 Å². The molecule has 1 aromatic rings. The molecule has 5 heteroatoms. The van der Waals surface area contributed by atoms with Crippen LogP contribution in [0.3, 0.4) is 0 Å². The van der Waals surface area contributed by atoms with Gasteiger partial charge in [-0.15, -0.1) is 0 Å². The monoisotopic (exact) mass is 343 g/mol. The zero-order valence-corrected chi connectivity index (χ0v) is 15.1. The van der Waals surface area contributed by atoms with E-state index in [0.717, 1.165) is 25.0 Å². The predicted molar refractivity (Wildman–Crippen MR) is 90.8 cm³/mol. The Morgan fingerprint density at radius 1 is 1.36 bits per heavy atom. The summed E-state index contributed by atoms with van der Waals surface area (Å²) in [6, 6.07) is 4.05. The van der Waals surface area contributed by atoms with Crippen molar-refractivity contribution >= 4 is 11.9 Å². The van der Waals surface area contributed by atoms with Gasteiger partial charge in [-0.2, -0.15) is 0 Å². The number of esters is 2. The first-order chi connectivity index (χ1) is 11.8. The average molecular weight is 343 g/mol. The molecule has 2 aliphatic carbocycles. The van der Waals surface area contributed by atoms with Gasteiger partial charge in [-0.25, -0.2) is 4.79 Å². The maximum absolute atomic E-state index is 13.0. The first-order valence-corrected chi connectivity index (χ1v) is 9.16. The largest absolute Gasteiger partial charge is 0.462 e. The molecule has 0 radical (unpaired) electrons. The van der Waals surface area contributed by atoms with Gasteiger partial charge in [0, 0.05) is 23.2 Å². The SMILES string of the molecule is CC1(C)[C@@]2(C)CC[C@]1(C(=O)OC[C@@H]1CCCc3cccnc31)OC2=O. The average Bonchev–Trinajstić information content (AvgIpc) is 2.90. The summed E-state index contributed by atoms with van der Waals surface area (Å²) >= 11 is 0. The fourth-order valence-electron chi connectivity index (χ4n) is 4.86. The molecule has 0 N–H and O–H groups in total. The van der Waals surface area contributed by atoms with Gasteiger partial charge in [0.1, 0.15) is 0 Å². The molecule has 3 aliphatic rings. The summed E-state index contributed by atoms with van der Waals surface area (Å²) in [7, 11) is 0. The summed E-state index contributed by atoms with van der Waals surface area (Å²) in [5.74, 6) is -0.543. The second kappa shape index (κ2) is 5.29. The van der Waals surface area contributed by atoms with Crippen LogP contribution < -0.4 is 0 Å². The first kappa shape index (κ1) is 16.6. The van der Waals surface area contributed by atoms with Gasteiger partial charge in [-0.1, -0.05) is 19.9 Å². The van der Waals surface area contributed by atoms with Crippen LogP contribution in [0.1, 0.15) is 63.6 Å². The van der Waals surface area contributed by atoms with Crippen molar-refractivity contribution in [3.8, 4) is 0 Å². The molecule has 2 bridgehead atoms. The molecule has 0 unspecified atom stereocenters. The zero-order valence-electron chi connectivity index (χ0n) is 15.1. The fraction of sp³-hybridized carbons (Fsp3) is 0.650. The number of ether oxygens (including phenoxy) is 2. The molecule has 2 fully saturated rings. The molecule has 2 heterocycles. The first-order valence-electron chi connectivity index (χ1n) is 9.16. The van der Waals surface area contributed by atoms with Crippen LogP contribution in [0.4, 0.5) is 0 Å². The summed E-state index contributed by atoms with van der Waals surface area (Å²) in [6.07, 6.45) is 6.07. The fourth-order valence-corrected chi connectivity index (χ4v) is 4.86. The Bertz CT molecular complexity index is 743. The number of carbonyl (C=O) groups is 2. The van der Waals surface area contributed by atoms with E-state index in [1.165, 1.54) is 5.56 Å². The van der Waals surface area contributed by atoms with Gasteiger partial charge in [0.15, 0.2) is 0 Å². The van der Waals surface area contributed by atoms with Crippen molar-refractivity contribution in [2.75, 3.05) is 6.61 Å². The molecule has 134 valence electrons. The van der Waals surface area contributed by atoms with Crippen molar-refractivity contribution in [1.82, 2.24) is 4.98 Å². The number of aromatic nitrogens is 1. The zero-order chi connectivity index (χ0) is 17.9. The number of aryl methyl sites for hydroxylation is 1. The van der Waals surface area contributed by atoms with Crippen LogP contribution in [0.25, 0.3) is 0 Å². The van der Waals surface area contributed by atoms with Gasteiger partial charge >= 0.3 is 11.9 Å². The van der Waals surface area contributed by atoms with Crippen LogP contribution in [-0.2, 0) is 25.5 Å². The van der Waals surface area contributed by atoms with Crippen LogP contribution in [-0.4, -0.2) is 29.1 Å². The second-order valence-corrected chi connectivity index (χ2v) is 8.41. The van der Waals surface area contributed by atoms with Crippen molar-refractivity contribution in [2.45, 2.75) is 64.4 Å². The third kappa shape index (κ3) is 2.04. The van der Waals surface area contributed by atoms with Crippen molar-refractivity contribution in [2.24, 2.45) is 10.8 Å². The number of hydrogen-bond donors (Lipinski definition) is 0. The molecule has 4 rings (SSSR count). The lowest BCUT2D eigenvalue weighted by molar-refractivity contribution is -0.183. The van der Waals surface area contributed by atoms with Crippen LogP contribution in [0.15, 0.2) is 18.3 Å². The highest BCUT2D eigenvalue weighted by Gasteiger charge is 2.76. The van der Waals surface area contributed by atoms with Crippen LogP contribution >= 0.6 is 0 Å². The second-order valence-electron chi connectivity index (χ2n) is 8.41. The van der Waals surface area contributed by atoms with E-state index in [4.69, 9.17) is 9.47 Å². The molecular formula is C20H25NO4. The van der Waals surface area contributed by atoms with Crippen molar-refractivity contribution in [1.29, 1.82) is 0 Å². The highest BCUT2D eigenvalue weighted by molar-refractivity contribution is 5.93. The number of pyridine rings is 1. The molecule has 0 amide bonds. The highest BCUT2D eigenvalue weighted by atomic mass is 16.6. The van der Waals surface area contributed by atoms with E-state index in [2.05, 4.69) is 11.1 Å². The number of rotatable bonds is 3. The van der Waals surface area contributed by atoms with Crippen molar-refractivity contribution < 1.29 is 19.1 Å². The summed E-state index contributed by atoms with van der Waals surface area (Å²) < 4.78 is 11.3. The molecule has 0 spiro atoms. The van der Waals surface area contributed by atoms with E-state index in [-0.39, 0.29) is 11.9 Å². The summed E-state index contributed by atoms with van der Waals surface area (Å²) in [6.45, 7) is 6.10. The van der Waals surface area contributed by atoms with Crippen LogP contribution in [0.5, 0.6) is 0 Å². The number of nitrogens with zero attached hydrogens (tertiary/aromatic N) is 1. The summed E-state index contributed by atoms with van der Waals surface area (Å²) in [4.78, 5) is 29.8. The third-order valence-corrected chi connectivity index (χ3v) is 7.14. The van der Waals surface area contributed by atoms with E-state index in [1.54, 1.807) is 6.20 Å². The van der Waals surface area contributed by atoms with Crippen molar-refractivity contribution in [3.63, 3.8) is 0 Å². The minimum Gasteiger partial charge on any atom is -0.462 e. The lowest BCUT2D eigenvalue weighted by atomic mass is 9.66. The van der Waals surface area contributed by atoms with Crippen LogP contribution in [0.2, 0.25) is 0 Å². The Hall–Kier alpha value is -1.91. The quantitative estimate of drug-likeness (QED) is 0.789. The molecule has 1 aromatic heterocycles. The van der Waals surface area contributed by atoms with Gasteiger partial charge in [-0.05, 0) is 50.7 Å². The van der Waals surface area contributed by atoms with Gasteiger partial charge in [0.25, 0.3) is 0 Å². The Kier molecular flexibility index (Phi) is 3.50. The lowest BCUT2D eigenvalue weighted by Gasteiger charge is -2.35. The number of carbonyl (C=O) groups excluding carboxylic acids is 2. The maximum atomic E-state index is 13.0. The molecule has 5 nitrogen and oxygen atoms in total. The standard InChI is InChI=1S/C20H25NO4/c1-18(2)19(3)9-10-20(18,25-16(19)22)17(23)24-12-14-7-4-6-13-8-5-11-21-15(13)14/h5,8,11,14H,4,6-7,9-10,12H2,1-3H3/t14-,19-,20+/m0/s1. The predicted octanol–water partition coefficient (Wildman–Crippen LogP) is 3.17. The van der Waals surface area contributed by atoms with Gasteiger partial charge in [0.2, 0.25) is 5.60 Å². The summed E-state index contributed by atoms with van der Waals surface area (Å²) in [5.41, 5.74) is -0.0190. The van der Waals surface area contributed by atoms with E-state index < -0.39 is 22.4 Å². The molecular weight excluding hydrogens is 318 g/mol. The number of hydrogen-bond acceptors (Lipinski definition) is 5. The maximum Gasteiger partial charge on any atom is 0.351 e. The minimum atomic E-state index is -1.14. The van der Waals surface area contributed by atoms with E-state index in [1.807, 2.05) is 26.8 Å². The Balaban J connectivity index is 1.52. The van der Waals surface area contributed by atoms with E-state index >= 15 is 0 Å². The Morgan fingerprint density at radius 2 is 2.16 bits per heavy atom. The number of fused-ring (bicyclic) bond motifs is 3. The molecule has 1 aliphatic heterocycles. The van der Waals surface area contributed by atoms with Gasteiger partial charge in [0.05, 0.1) is 12.0 Å². The molecule has 25 heavy (non-hydrogen) atoms. The normalized spacial score (nSPS) is 35.2. The van der Waals surface area contributed by atoms with Crippen LogP contribution in [0, 0.1) is 10.8 Å². The highest BCUT2D eigenvalue weighted by Crippen LogP contribution is 2.65. The Morgan fingerprint density at radius 3 is 2.84 bits per heavy atom.